The molecule has 3 nitrogen and oxygen atoms in total. The van der Waals surface area contributed by atoms with E-state index in [1.54, 1.807) is 18.2 Å². The van der Waals surface area contributed by atoms with Crippen LogP contribution in [0.25, 0.3) is 0 Å². The smallest absolute Gasteiger partial charge is 0.224 e. The van der Waals surface area contributed by atoms with Crippen LogP contribution in [0, 0.1) is 11.7 Å². The van der Waals surface area contributed by atoms with Gasteiger partial charge in [0, 0.05) is 6.54 Å². The van der Waals surface area contributed by atoms with Crippen molar-refractivity contribution in [3.05, 3.63) is 35.6 Å². The second kappa shape index (κ2) is 6.35. The number of benzene rings is 1. The molecule has 1 amide bonds. The van der Waals surface area contributed by atoms with Gasteiger partial charge in [0.2, 0.25) is 5.91 Å². The van der Waals surface area contributed by atoms with Crippen LogP contribution >= 0.6 is 0 Å². The van der Waals surface area contributed by atoms with E-state index in [9.17, 15) is 14.3 Å². The average molecular weight is 239 g/mol. The van der Waals surface area contributed by atoms with Gasteiger partial charge in [-0.15, -0.1) is 0 Å². The standard InChI is InChI=1S/C13H18FNO2/c1-9(2)12(16)8-15-13(17)7-10-5-3-4-6-11(10)14/h3-6,9,12,16H,7-8H2,1-2H3,(H,15,17). The Morgan fingerprint density at radius 1 is 1.41 bits per heavy atom. The minimum Gasteiger partial charge on any atom is -0.391 e. The van der Waals surface area contributed by atoms with Gasteiger partial charge >= 0.3 is 0 Å². The van der Waals surface area contributed by atoms with Crippen LogP contribution in [0.5, 0.6) is 0 Å². The van der Waals surface area contributed by atoms with Crippen molar-refractivity contribution in [1.29, 1.82) is 0 Å². The van der Waals surface area contributed by atoms with Crippen LogP contribution < -0.4 is 5.32 Å². The first-order chi connectivity index (χ1) is 8.00. The average Bonchev–Trinajstić information content (AvgIpc) is 2.29. The van der Waals surface area contributed by atoms with Gasteiger partial charge < -0.3 is 10.4 Å². The SMILES string of the molecule is CC(C)C(O)CNC(=O)Cc1ccccc1F. The molecule has 0 spiro atoms. The van der Waals surface area contributed by atoms with E-state index < -0.39 is 6.10 Å². The summed E-state index contributed by atoms with van der Waals surface area (Å²) in [6.07, 6.45) is -0.572. The number of aliphatic hydroxyl groups is 1. The molecule has 4 heteroatoms. The van der Waals surface area contributed by atoms with Crippen molar-refractivity contribution in [1.82, 2.24) is 5.32 Å². The van der Waals surface area contributed by atoms with Crippen LogP contribution in [0.4, 0.5) is 4.39 Å². The number of hydrogen-bond acceptors (Lipinski definition) is 2. The van der Waals surface area contributed by atoms with Crippen molar-refractivity contribution >= 4 is 5.91 Å². The molecule has 0 heterocycles. The summed E-state index contributed by atoms with van der Waals surface area (Å²) in [5.74, 6) is -0.578. The summed E-state index contributed by atoms with van der Waals surface area (Å²) in [5.41, 5.74) is 0.365. The van der Waals surface area contributed by atoms with Gasteiger partial charge in [-0.1, -0.05) is 32.0 Å². The molecule has 0 radical (unpaired) electrons. The van der Waals surface area contributed by atoms with Gasteiger partial charge in [0.05, 0.1) is 12.5 Å². The molecule has 0 saturated carbocycles. The molecule has 1 unspecified atom stereocenters. The summed E-state index contributed by atoms with van der Waals surface area (Å²) in [5, 5.41) is 12.1. The second-order valence-electron chi connectivity index (χ2n) is 4.38. The minimum atomic E-state index is -0.570. The van der Waals surface area contributed by atoms with Gasteiger partial charge in [-0.2, -0.15) is 0 Å². The Morgan fingerprint density at radius 3 is 2.65 bits per heavy atom. The maximum Gasteiger partial charge on any atom is 0.224 e. The third-order valence-electron chi connectivity index (χ3n) is 2.59. The lowest BCUT2D eigenvalue weighted by atomic mass is 10.1. The quantitative estimate of drug-likeness (QED) is 0.818. The highest BCUT2D eigenvalue weighted by atomic mass is 19.1. The summed E-state index contributed by atoms with van der Waals surface area (Å²) in [7, 11) is 0. The van der Waals surface area contributed by atoms with Crippen LogP contribution in [0.2, 0.25) is 0 Å². The van der Waals surface area contributed by atoms with E-state index in [1.165, 1.54) is 6.07 Å². The van der Waals surface area contributed by atoms with E-state index in [2.05, 4.69) is 5.32 Å². The molecule has 1 rings (SSSR count). The number of carbonyl (C=O) groups excluding carboxylic acids is 1. The molecule has 0 aliphatic carbocycles. The molecule has 1 aromatic carbocycles. The third-order valence-corrected chi connectivity index (χ3v) is 2.59. The van der Waals surface area contributed by atoms with E-state index >= 15 is 0 Å². The fourth-order valence-electron chi connectivity index (χ4n) is 1.33. The minimum absolute atomic E-state index is 0.00249. The molecule has 2 N–H and O–H groups in total. The normalized spacial score (nSPS) is 12.5. The number of rotatable bonds is 5. The van der Waals surface area contributed by atoms with E-state index in [1.807, 2.05) is 13.8 Å². The van der Waals surface area contributed by atoms with Gasteiger partial charge in [-0.05, 0) is 17.5 Å². The van der Waals surface area contributed by atoms with Crippen molar-refractivity contribution in [3.63, 3.8) is 0 Å². The van der Waals surface area contributed by atoms with Crippen LogP contribution in [0.1, 0.15) is 19.4 Å². The van der Waals surface area contributed by atoms with E-state index in [0.29, 0.717) is 5.56 Å². The number of carbonyl (C=O) groups is 1. The summed E-state index contributed by atoms with van der Waals surface area (Å²) >= 11 is 0. The zero-order chi connectivity index (χ0) is 12.8. The molecule has 1 aromatic rings. The van der Waals surface area contributed by atoms with Crippen LogP contribution in [-0.2, 0) is 11.2 Å². The summed E-state index contributed by atoms with van der Waals surface area (Å²) < 4.78 is 13.2. The zero-order valence-electron chi connectivity index (χ0n) is 10.1. The Morgan fingerprint density at radius 2 is 2.06 bits per heavy atom. The molecule has 17 heavy (non-hydrogen) atoms. The van der Waals surface area contributed by atoms with Crippen molar-refractivity contribution in [2.75, 3.05) is 6.54 Å². The van der Waals surface area contributed by atoms with Gasteiger partial charge in [0.1, 0.15) is 5.82 Å². The summed E-state index contributed by atoms with van der Waals surface area (Å²) in [4.78, 5) is 11.5. The van der Waals surface area contributed by atoms with E-state index in [-0.39, 0.29) is 30.6 Å². The predicted molar refractivity (Wildman–Crippen MR) is 64.0 cm³/mol. The van der Waals surface area contributed by atoms with Gasteiger partial charge in [-0.25, -0.2) is 4.39 Å². The molecule has 0 aliphatic heterocycles. The van der Waals surface area contributed by atoms with Crippen molar-refractivity contribution in [3.8, 4) is 0 Å². The molecular weight excluding hydrogens is 221 g/mol. The highest BCUT2D eigenvalue weighted by molar-refractivity contribution is 5.78. The topological polar surface area (TPSA) is 49.3 Å². The van der Waals surface area contributed by atoms with Crippen molar-refractivity contribution in [2.45, 2.75) is 26.4 Å². The van der Waals surface area contributed by atoms with Crippen LogP contribution in [-0.4, -0.2) is 23.7 Å². The molecule has 0 aromatic heterocycles. The van der Waals surface area contributed by atoms with Crippen LogP contribution in [0.15, 0.2) is 24.3 Å². The molecule has 94 valence electrons. The van der Waals surface area contributed by atoms with Gasteiger partial charge in [-0.3, -0.25) is 4.79 Å². The Labute approximate surface area is 101 Å². The van der Waals surface area contributed by atoms with E-state index in [0.717, 1.165) is 0 Å². The fourth-order valence-corrected chi connectivity index (χ4v) is 1.33. The Kier molecular flexibility index (Phi) is 5.10. The zero-order valence-corrected chi connectivity index (χ0v) is 10.1. The largest absolute Gasteiger partial charge is 0.391 e. The maximum atomic E-state index is 13.2. The third kappa shape index (κ3) is 4.53. The van der Waals surface area contributed by atoms with Gasteiger partial charge in [0.15, 0.2) is 0 Å². The number of halogens is 1. The Bertz CT molecular complexity index is 379. The predicted octanol–water partition coefficient (Wildman–Crippen LogP) is 1.50. The second-order valence-corrected chi connectivity index (χ2v) is 4.38. The lowest BCUT2D eigenvalue weighted by molar-refractivity contribution is -0.121. The number of aliphatic hydroxyl groups excluding tert-OH is 1. The Balaban J connectivity index is 2.43. The first kappa shape index (κ1) is 13.6. The Hall–Kier alpha value is -1.42. The van der Waals surface area contributed by atoms with E-state index in [4.69, 9.17) is 0 Å². The molecule has 0 fully saturated rings. The van der Waals surface area contributed by atoms with Crippen LogP contribution in [0.3, 0.4) is 0 Å². The van der Waals surface area contributed by atoms with Crippen molar-refractivity contribution in [2.24, 2.45) is 5.92 Å². The first-order valence-corrected chi connectivity index (χ1v) is 5.69. The number of amides is 1. The fraction of sp³-hybridized carbons (Fsp3) is 0.462. The number of nitrogens with one attached hydrogen (secondary N) is 1. The maximum absolute atomic E-state index is 13.2. The molecule has 0 saturated heterocycles. The first-order valence-electron chi connectivity index (χ1n) is 5.69. The summed E-state index contributed by atoms with van der Waals surface area (Å²) in [6, 6.07) is 6.17. The molecule has 1 atom stereocenters. The number of hydrogen-bond donors (Lipinski definition) is 2. The lowest BCUT2D eigenvalue weighted by Gasteiger charge is -2.15. The molecule has 0 bridgehead atoms. The highest BCUT2D eigenvalue weighted by Gasteiger charge is 2.12. The van der Waals surface area contributed by atoms with Crippen molar-refractivity contribution < 1.29 is 14.3 Å². The lowest BCUT2D eigenvalue weighted by Crippen LogP contribution is -2.35. The van der Waals surface area contributed by atoms with Gasteiger partial charge in [0.25, 0.3) is 0 Å². The summed E-state index contributed by atoms with van der Waals surface area (Å²) in [6.45, 7) is 3.94. The monoisotopic (exact) mass is 239 g/mol. The highest BCUT2D eigenvalue weighted by Crippen LogP contribution is 2.07. The molecular formula is C13H18FNO2. The molecule has 0 aliphatic rings.